The van der Waals surface area contributed by atoms with Crippen molar-refractivity contribution in [1.29, 1.82) is 0 Å². The van der Waals surface area contributed by atoms with Crippen molar-refractivity contribution in [3.8, 4) is 11.3 Å². The Hall–Kier alpha value is -1.13. The van der Waals surface area contributed by atoms with E-state index in [1.54, 1.807) is 0 Å². The van der Waals surface area contributed by atoms with Gasteiger partial charge in [0.1, 0.15) is 5.82 Å². The Morgan fingerprint density at radius 2 is 2.22 bits per heavy atom. The van der Waals surface area contributed by atoms with E-state index in [9.17, 15) is 5.11 Å². The van der Waals surface area contributed by atoms with E-state index in [1.807, 2.05) is 31.2 Å². The molecule has 2 rings (SSSR count). The normalized spacial score (nSPS) is 12.7. The van der Waals surface area contributed by atoms with Gasteiger partial charge in [0.2, 0.25) is 0 Å². The van der Waals surface area contributed by atoms with E-state index in [0.29, 0.717) is 0 Å². The third-order valence-corrected chi connectivity index (χ3v) is 3.59. The number of aryl methyl sites for hydroxylation is 1. The van der Waals surface area contributed by atoms with Crippen LogP contribution in [-0.2, 0) is 0 Å². The standard InChI is InChI=1S/C14H17BrN2O/c1-3-10(8-18)14-16-9(2)13(17-14)11-5-4-6-12(15)7-11/h4-7,10,18H,3,8H2,1-2H3,(H,16,17). The Kier molecular flexibility index (Phi) is 4.19. The van der Waals surface area contributed by atoms with E-state index in [1.165, 1.54) is 0 Å². The SMILES string of the molecule is CCC(CO)c1nc(-c2cccc(Br)c2)c(C)[nH]1. The van der Waals surface area contributed by atoms with Crippen LogP contribution in [0.5, 0.6) is 0 Å². The number of nitrogens with one attached hydrogen (secondary N) is 1. The summed E-state index contributed by atoms with van der Waals surface area (Å²) in [5, 5.41) is 9.33. The van der Waals surface area contributed by atoms with Crippen molar-refractivity contribution in [2.24, 2.45) is 0 Å². The number of halogens is 1. The van der Waals surface area contributed by atoms with Crippen molar-refractivity contribution in [2.75, 3.05) is 6.61 Å². The molecule has 0 aliphatic carbocycles. The highest BCUT2D eigenvalue weighted by Crippen LogP contribution is 2.26. The maximum atomic E-state index is 9.33. The summed E-state index contributed by atoms with van der Waals surface area (Å²) >= 11 is 3.47. The second-order valence-electron chi connectivity index (χ2n) is 4.39. The monoisotopic (exact) mass is 308 g/mol. The Labute approximate surface area is 115 Å². The highest BCUT2D eigenvalue weighted by Gasteiger charge is 2.15. The molecule has 3 nitrogen and oxygen atoms in total. The van der Waals surface area contributed by atoms with Crippen LogP contribution in [0.4, 0.5) is 0 Å². The van der Waals surface area contributed by atoms with Crippen molar-refractivity contribution in [3.05, 3.63) is 40.3 Å². The Balaban J connectivity index is 2.40. The van der Waals surface area contributed by atoms with E-state index >= 15 is 0 Å². The first-order chi connectivity index (χ1) is 8.65. The first kappa shape index (κ1) is 13.3. The Bertz CT molecular complexity index is 532. The predicted molar refractivity (Wildman–Crippen MR) is 76.6 cm³/mol. The van der Waals surface area contributed by atoms with E-state index in [0.717, 1.165) is 33.7 Å². The molecule has 2 aromatic rings. The minimum absolute atomic E-state index is 0.0876. The van der Waals surface area contributed by atoms with E-state index in [-0.39, 0.29) is 12.5 Å². The van der Waals surface area contributed by atoms with E-state index < -0.39 is 0 Å². The molecule has 0 radical (unpaired) electrons. The van der Waals surface area contributed by atoms with Crippen LogP contribution in [0.15, 0.2) is 28.7 Å². The second-order valence-corrected chi connectivity index (χ2v) is 5.31. The first-order valence-corrected chi connectivity index (χ1v) is 6.88. The predicted octanol–water partition coefficient (Wildman–Crippen LogP) is 3.63. The number of aromatic amines is 1. The van der Waals surface area contributed by atoms with Crippen LogP contribution in [0.2, 0.25) is 0 Å². The van der Waals surface area contributed by atoms with Crippen molar-refractivity contribution in [2.45, 2.75) is 26.2 Å². The molecular formula is C14H17BrN2O. The van der Waals surface area contributed by atoms with Gasteiger partial charge < -0.3 is 10.1 Å². The van der Waals surface area contributed by atoms with Gasteiger partial charge >= 0.3 is 0 Å². The summed E-state index contributed by atoms with van der Waals surface area (Å²) in [7, 11) is 0. The van der Waals surface area contributed by atoms with E-state index in [2.05, 4.69) is 32.8 Å². The summed E-state index contributed by atoms with van der Waals surface area (Å²) in [5.41, 5.74) is 3.07. The number of aromatic nitrogens is 2. The fraction of sp³-hybridized carbons (Fsp3) is 0.357. The molecular weight excluding hydrogens is 292 g/mol. The van der Waals surface area contributed by atoms with Crippen LogP contribution >= 0.6 is 15.9 Å². The van der Waals surface area contributed by atoms with Crippen molar-refractivity contribution in [3.63, 3.8) is 0 Å². The molecule has 0 fully saturated rings. The summed E-state index contributed by atoms with van der Waals surface area (Å²) in [5.74, 6) is 0.956. The number of aliphatic hydroxyl groups is 1. The number of H-pyrrole nitrogens is 1. The number of nitrogens with zero attached hydrogens (tertiary/aromatic N) is 1. The molecule has 0 amide bonds. The number of aliphatic hydroxyl groups excluding tert-OH is 1. The van der Waals surface area contributed by atoms with Crippen LogP contribution in [0.25, 0.3) is 11.3 Å². The summed E-state index contributed by atoms with van der Waals surface area (Å²) in [6.07, 6.45) is 0.876. The largest absolute Gasteiger partial charge is 0.396 e. The molecule has 0 spiro atoms. The molecule has 0 aliphatic rings. The van der Waals surface area contributed by atoms with Gasteiger partial charge in [-0.2, -0.15) is 0 Å². The van der Waals surface area contributed by atoms with Gasteiger partial charge in [0.05, 0.1) is 12.3 Å². The van der Waals surface area contributed by atoms with Gasteiger partial charge in [-0.1, -0.05) is 35.0 Å². The lowest BCUT2D eigenvalue weighted by molar-refractivity contribution is 0.258. The van der Waals surface area contributed by atoms with Crippen molar-refractivity contribution < 1.29 is 5.11 Å². The molecule has 0 saturated carbocycles. The second kappa shape index (κ2) is 5.67. The Morgan fingerprint density at radius 3 is 2.83 bits per heavy atom. The molecule has 1 aromatic heterocycles. The number of hydrogen-bond acceptors (Lipinski definition) is 2. The van der Waals surface area contributed by atoms with Gasteiger partial charge in [0, 0.05) is 21.6 Å². The zero-order valence-electron chi connectivity index (χ0n) is 10.6. The zero-order valence-corrected chi connectivity index (χ0v) is 12.2. The molecule has 96 valence electrons. The first-order valence-electron chi connectivity index (χ1n) is 6.09. The van der Waals surface area contributed by atoms with E-state index in [4.69, 9.17) is 0 Å². The number of hydrogen-bond donors (Lipinski definition) is 2. The average molecular weight is 309 g/mol. The highest BCUT2D eigenvalue weighted by atomic mass is 79.9. The lowest BCUT2D eigenvalue weighted by Gasteiger charge is -2.06. The lowest BCUT2D eigenvalue weighted by Crippen LogP contribution is -2.04. The van der Waals surface area contributed by atoms with Gasteiger partial charge in [0.25, 0.3) is 0 Å². The summed E-state index contributed by atoms with van der Waals surface area (Å²) in [4.78, 5) is 7.90. The minimum Gasteiger partial charge on any atom is -0.396 e. The van der Waals surface area contributed by atoms with Crippen molar-refractivity contribution in [1.82, 2.24) is 9.97 Å². The average Bonchev–Trinajstić information content (AvgIpc) is 2.73. The maximum absolute atomic E-state index is 9.33. The molecule has 0 saturated heterocycles. The fourth-order valence-electron chi connectivity index (χ4n) is 2.00. The Morgan fingerprint density at radius 1 is 1.44 bits per heavy atom. The lowest BCUT2D eigenvalue weighted by atomic mass is 10.1. The smallest absolute Gasteiger partial charge is 0.112 e. The third-order valence-electron chi connectivity index (χ3n) is 3.10. The maximum Gasteiger partial charge on any atom is 0.112 e. The zero-order chi connectivity index (χ0) is 13.1. The molecule has 2 N–H and O–H groups in total. The molecule has 18 heavy (non-hydrogen) atoms. The topological polar surface area (TPSA) is 48.9 Å². The number of benzene rings is 1. The number of rotatable bonds is 4. The van der Waals surface area contributed by atoms with Crippen molar-refractivity contribution >= 4 is 15.9 Å². The summed E-state index contributed by atoms with van der Waals surface area (Å²) in [6, 6.07) is 8.08. The molecule has 1 unspecified atom stereocenters. The van der Waals surface area contributed by atoms with Crippen LogP contribution in [0.1, 0.15) is 30.8 Å². The molecule has 1 heterocycles. The molecule has 0 aliphatic heterocycles. The third kappa shape index (κ3) is 2.65. The summed E-state index contributed by atoms with van der Waals surface area (Å²) in [6.45, 7) is 4.19. The molecule has 1 atom stereocenters. The molecule has 1 aromatic carbocycles. The van der Waals surface area contributed by atoms with Gasteiger partial charge in [-0.3, -0.25) is 0 Å². The van der Waals surface area contributed by atoms with Crippen LogP contribution in [0.3, 0.4) is 0 Å². The number of imidazole rings is 1. The van der Waals surface area contributed by atoms with Crippen LogP contribution in [0, 0.1) is 6.92 Å². The van der Waals surface area contributed by atoms with Gasteiger partial charge in [-0.15, -0.1) is 0 Å². The highest BCUT2D eigenvalue weighted by molar-refractivity contribution is 9.10. The van der Waals surface area contributed by atoms with Crippen LogP contribution < -0.4 is 0 Å². The van der Waals surface area contributed by atoms with Gasteiger partial charge in [-0.05, 0) is 25.5 Å². The quantitative estimate of drug-likeness (QED) is 0.906. The van der Waals surface area contributed by atoms with Crippen LogP contribution in [-0.4, -0.2) is 21.7 Å². The molecule has 4 heteroatoms. The van der Waals surface area contributed by atoms with Gasteiger partial charge in [0.15, 0.2) is 0 Å². The summed E-state index contributed by atoms with van der Waals surface area (Å²) < 4.78 is 1.04. The molecule has 0 bridgehead atoms. The minimum atomic E-state index is 0.0876. The van der Waals surface area contributed by atoms with Gasteiger partial charge in [-0.25, -0.2) is 4.98 Å². The fourth-order valence-corrected chi connectivity index (χ4v) is 2.40.